The summed E-state index contributed by atoms with van der Waals surface area (Å²) in [5.74, 6) is -0.0627. The minimum absolute atomic E-state index is 0.0335. The third kappa shape index (κ3) is 7.66. The van der Waals surface area contributed by atoms with Crippen LogP contribution in [-0.2, 0) is 26.6 Å². The van der Waals surface area contributed by atoms with Crippen molar-refractivity contribution in [2.24, 2.45) is 0 Å². The van der Waals surface area contributed by atoms with Crippen molar-refractivity contribution in [1.29, 1.82) is 0 Å². The van der Waals surface area contributed by atoms with Crippen molar-refractivity contribution < 1.29 is 14.4 Å². The Morgan fingerprint density at radius 1 is 0.926 bits per heavy atom. The van der Waals surface area contributed by atoms with Crippen LogP contribution in [0.25, 0.3) is 0 Å². The maximum absolute atomic E-state index is 12.2. The third-order valence-corrected chi connectivity index (χ3v) is 4.96. The lowest BCUT2D eigenvalue weighted by molar-refractivity contribution is -0.129. The van der Waals surface area contributed by atoms with Gasteiger partial charge in [-0.3, -0.25) is 14.4 Å². The monoisotopic (exact) mass is 384 g/mol. The third-order valence-electron chi connectivity index (χ3n) is 4.00. The Morgan fingerprint density at radius 3 is 2.11 bits per heavy atom. The fraction of sp³-hybridized carbons (Fsp3) is 0.286. The second-order valence-corrected chi connectivity index (χ2v) is 7.10. The van der Waals surface area contributed by atoms with Gasteiger partial charge in [0.2, 0.25) is 11.8 Å². The highest BCUT2D eigenvalue weighted by Gasteiger charge is 2.23. The summed E-state index contributed by atoms with van der Waals surface area (Å²) >= 11 is 1.15. The van der Waals surface area contributed by atoms with Gasteiger partial charge in [0.1, 0.15) is 6.04 Å². The quantitative estimate of drug-likeness (QED) is 0.697. The molecule has 142 valence electrons. The number of thioether (sulfide) groups is 1. The average Bonchev–Trinajstić information content (AvgIpc) is 2.71. The van der Waals surface area contributed by atoms with Crippen LogP contribution in [0, 0.1) is 0 Å². The van der Waals surface area contributed by atoms with E-state index in [4.69, 9.17) is 0 Å². The Labute approximate surface area is 163 Å². The van der Waals surface area contributed by atoms with Crippen LogP contribution >= 0.6 is 11.8 Å². The molecule has 0 bridgehead atoms. The van der Waals surface area contributed by atoms with E-state index in [1.807, 2.05) is 60.7 Å². The van der Waals surface area contributed by atoms with Gasteiger partial charge >= 0.3 is 0 Å². The molecular weight excluding hydrogens is 360 g/mol. The summed E-state index contributed by atoms with van der Waals surface area (Å²) in [7, 11) is 1.49. The second-order valence-electron chi connectivity index (χ2n) is 6.07. The Balaban J connectivity index is 1.83. The topological polar surface area (TPSA) is 75.3 Å². The summed E-state index contributed by atoms with van der Waals surface area (Å²) in [6.07, 6.45) is 0.820. The molecule has 2 aromatic rings. The van der Waals surface area contributed by atoms with E-state index < -0.39 is 6.04 Å². The second kappa shape index (κ2) is 11.2. The Morgan fingerprint density at radius 2 is 1.52 bits per heavy atom. The molecule has 0 unspecified atom stereocenters. The number of hydrogen-bond acceptors (Lipinski definition) is 4. The van der Waals surface area contributed by atoms with Gasteiger partial charge in [0.15, 0.2) is 5.12 Å². The number of hydrogen-bond donors (Lipinski definition) is 2. The molecule has 0 heterocycles. The van der Waals surface area contributed by atoms with Crippen LogP contribution in [0.15, 0.2) is 60.7 Å². The molecule has 0 aliphatic carbocycles. The molecule has 6 heteroatoms. The fourth-order valence-corrected chi connectivity index (χ4v) is 3.32. The van der Waals surface area contributed by atoms with Crippen molar-refractivity contribution >= 4 is 28.7 Å². The number of rotatable bonds is 9. The van der Waals surface area contributed by atoms with Crippen LogP contribution in [0.5, 0.6) is 0 Å². The average molecular weight is 385 g/mol. The van der Waals surface area contributed by atoms with Gasteiger partial charge in [-0.2, -0.15) is 0 Å². The zero-order valence-corrected chi connectivity index (χ0v) is 16.1. The van der Waals surface area contributed by atoms with Crippen molar-refractivity contribution in [1.82, 2.24) is 10.6 Å². The van der Waals surface area contributed by atoms with Gasteiger partial charge in [-0.1, -0.05) is 72.4 Å². The minimum Gasteiger partial charge on any atom is -0.357 e. The molecule has 0 spiro atoms. The van der Waals surface area contributed by atoms with Gasteiger partial charge in [-0.25, -0.2) is 0 Å². The number of amides is 2. The molecule has 0 fully saturated rings. The largest absolute Gasteiger partial charge is 0.357 e. The van der Waals surface area contributed by atoms with Crippen LogP contribution in [0.2, 0.25) is 0 Å². The first-order valence-corrected chi connectivity index (χ1v) is 9.81. The number of aryl methyl sites for hydroxylation is 1. The van der Waals surface area contributed by atoms with Crippen LogP contribution < -0.4 is 10.6 Å². The van der Waals surface area contributed by atoms with E-state index >= 15 is 0 Å². The van der Waals surface area contributed by atoms with Gasteiger partial charge in [-0.05, 0) is 17.5 Å². The maximum Gasteiger partial charge on any atom is 0.242 e. The highest BCUT2D eigenvalue weighted by atomic mass is 32.2. The van der Waals surface area contributed by atoms with E-state index in [1.165, 1.54) is 7.05 Å². The SMILES string of the molecule is CNC(=O)[C@H](CC(=O)SCc1ccccc1)NC(=O)CCc1ccccc1. The summed E-state index contributed by atoms with van der Waals surface area (Å²) < 4.78 is 0. The smallest absolute Gasteiger partial charge is 0.242 e. The van der Waals surface area contributed by atoms with Gasteiger partial charge in [-0.15, -0.1) is 0 Å². The number of likely N-dealkylation sites (N-methyl/N-ethyl adjacent to an activating group) is 1. The first kappa shape index (κ1) is 20.7. The molecule has 2 aromatic carbocycles. The molecule has 2 rings (SSSR count). The van der Waals surface area contributed by atoms with Crippen molar-refractivity contribution in [2.45, 2.75) is 31.1 Å². The van der Waals surface area contributed by atoms with Crippen molar-refractivity contribution in [3.05, 3.63) is 71.8 Å². The van der Waals surface area contributed by atoms with E-state index in [-0.39, 0.29) is 29.8 Å². The summed E-state index contributed by atoms with van der Waals surface area (Å²) in [4.78, 5) is 36.5. The molecule has 1 atom stereocenters. The van der Waals surface area contributed by atoms with Crippen LogP contribution in [-0.4, -0.2) is 30.0 Å². The number of carbonyl (C=O) groups is 3. The molecule has 2 N–H and O–H groups in total. The van der Waals surface area contributed by atoms with Gasteiger partial charge < -0.3 is 10.6 Å². The highest BCUT2D eigenvalue weighted by molar-refractivity contribution is 8.12. The molecule has 2 amide bonds. The van der Waals surface area contributed by atoms with E-state index in [0.717, 1.165) is 22.9 Å². The lowest BCUT2D eigenvalue weighted by atomic mass is 10.1. The summed E-state index contributed by atoms with van der Waals surface area (Å²) in [5.41, 5.74) is 2.10. The number of carbonyl (C=O) groups excluding carboxylic acids is 3. The standard InChI is InChI=1S/C21H24N2O3S/c1-22-21(26)18(14-20(25)27-15-17-10-6-3-7-11-17)23-19(24)13-12-16-8-4-2-5-9-16/h2-11,18H,12-15H2,1H3,(H,22,26)(H,23,24)/t18-/m0/s1. The molecular formula is C21H24N2O3S. The van der Waals surface area contributed by atoms with Crippen molar-refractivity contribution in [3.8, 4) is 0 Å². The molecule has 0 saturated heterocycles. The first-order chi connectivity index (χ1) is 13.1. The van der Waals surface area contributed by atoms with E-state index in [1.54, 1.807) is 0 Å². The zero-order chi connectivity index (χ0) is 19.5. The molecule has 0 aromatic heterocycles. The normalized spacial score (nSPS) is 11.4. The lowest BCUT2D eigenvalue weighted by Crippen LogP contribution is -2.46. The molecule has 5 nitrogen and oxygen atoms in total. The number of benzene rings is 2. The van der Waals surface area contributed by atoms with Crippen LogP contribution in [0.3, 0.4) is 0 Å². The zero-order valence-electron chi connectivity index (χ0n) is 15.3. The Bertz CT molecular complexity index is 693. The molecule has 0 aliphatic rings. The van der Waals surface area contributed by atoms with Gasteiger partial charge in [0, 0.05) is 25.6 Å². The van der Waals surface area contributed by atoms with E-state index in [9.17, 15) is 14.4 Å². The minimum atomic E-state index is -0.853. The van der Waals surface area contributed by atoms with E-state index in [0.29, 0.717) is 12.2 Å². The first-order valence-electron chi connectivity index (χ1n) is 8.83. The molecule has 0 aliphatic heterocycles. The molecule has 27 heavy (non-hydrogen) atoms. The summed E-state index contributed by atoms with van der Waals surface area (Å²) in [6.45, 7) is 0. The predicted molar refractivity (Wildman–Crippen MR) is 108 cm³/mol. The molecule has 0 radical (unpaired) electrons. The van der Waals surface area contributed by atoms with Crippen LogP contribution in [0.4, 0.5) is 0 Å². The maximum atomic E-state index is 12.2. The summed E-state index contributed by atoms with van der Waals surface area (Å²) in [5, 5.41) is 5.06. The van der Waals surface area contributed by atoms with Crippen LogP contribution in [0.1, 0.15) is 24.0 Å². The fourth-order valence-electron chi connectivity index (χ4n) is 2.52. The predicted octanol–water partition coefficient (Wildman–Crippen LogP) is 2.70. The summed E-state index contributed by atoms with van der Waals surface area (Å²) in [6, 6.07) is 18.5. The lowest BCUT2D eigenvalue weighted by Gasteiger charge is -2.16. The molecule has 0 saturated carbocycles. The van der Waals surface area contributed by atoms with E-state index in [2.05, 4.69) is 10.6 Å². The van der Waals surface area contributed by atoms with Crippen molar-refractivity contribution in [2.75, 3.05) is 7.05 Å². The Hall–Kier alpha value is -2.60. The number of nitrogens with one attached hydrogen (secondary N) is 2. The Kier molecular flexibility index (Phi) is 8.58. The highest BCUT2D eigenvalue weighted by Crippen LogP contribution is 2.15. The van der Waals surface area contributed by atoms with Gasteiger partial charge in [0.25, 0.3) is 0 Å². The van der Waals surface area contributed by atoms with Crippen molar-refractivity contribution in [3.63, 3.8) is 0 Å². The van der Waals surface area contributed by atoms with Gasteiger partial charge in [0.05, 0.1) is 0 Å².